The molecule has 2 aromatic rings. The molecule has 0 bridgehead atoms. The fourth-order valence-electron chi connectivity index (χ4n) is 2.24. The van der Waals surface area contributed by atoms with E-state index < -0.39 is 0 Å². The zero-order valence-corrected chi connectivity index (χ0v) is 14.4. The van der Waals surface area contributed by atoms with Crippen molar-refractivity contribution in [3.05, 3.63) is 52.7 Å². The molecule has 0 amide bonds. The Kier molecular flexibility index (Phi) is 5.88. The number of hydrazone groups is 1. The Morgan fingerprint density at radius 2 is 2.04 bits per heavy atom. The van der Waals surface area contributed by atoms with Crippen LogP contribution in [0, 0.1) is 18.3 Å². The molecule has 1 heterocycles. The van der Waals surface area contributed by atoms with Crippen LogP contribution in [-0.2, 0) is 11.3 Å². The SMILES string of the molecule is COCc1cc(C)nc(NN=Cc2ccc(N(C)C)cc2)c1C#N. The fourth-order valence-corrected chi connectivity index (χ4v) is 2.24. The highest BCUT2D eigenvalue weighted by Gasteiger charge is 2.10. The molecule has 24 heavy (non-hydrogen) atoms. The maximum Gasteiger partial charge on any atom is 0.164 e. The molecule has 1 aromatic carbocycles. The summed E-state index contributed by atoms with van der Waals surface area (Å²) in [6, 6.07) is 12.0. The first kappa shape index (κ1) is 17.4. The number of anilines is 2. The number of ether oxygens (including phenoxy) is 1. The molecule has 0 unspecified atom stereocenters. The molecule has 0 atom stereocenters. The Labute approximate surface area is 142 Å². The third kappa shape index (κ3) is 4.31. The van der Waals surface area contributed by atoms with Gasteiger partial charge in [-0.25, -0.2) is 4.98 Å². The van der Waals surface area contributed by atoms with E-state index in [2.05, 4.69) is 21.6 Å². The van der Waals surface area contributed by atoms with Gasteiger partial charge < -0.3 is 9.64 Å². The topological polar surface area (TPSA) is 73.5 Å². The molecule has 0 aliphatic carbocycles. The minimum atomic E-state index is 0.358. The number of hydrogen-bond acceptors (Lipinski definition) is 6. The summed E-state index contributed by atoms with van der Waals surface area (Å²) in [6.45, 7) is 2.23. The number of pyridine rings is 1. The van der Waals surface area contributed by atoms with E-state index in [9.17, 15) is 5.26 Å². The molecule has 1 N–H and O–H groups in total. The molecular weight excluding hydrogens is 302 g/mol. The average molecular weight is 323 g/mol. The van der Waals surface area contributed by atoms with Crippen molar-refractivity contribution >= 4 is 17.7 Å². The first-order valence-electron chi connectivity index (χ1n) is 7.51. The van der Waals surface area contributed by atoms with Crippen molar-refractivity contribution in [2.75, 3.05) is 31.5 Å². The van der Waals surface area contributed by atoms with Crippen molar-refractivity contribution in [1.82, 2.24) is 4.98 Å². The van der Waals surface area contributed by atoms with Crippen LogP contribution in [0.25, 0.3) is 0 Å². The number of aryl methyl sites for hydroxylation is 1. The van der Waals surface area contributed by atoms with Gasteiger partial charge in [0.25, 0.3) is 0 Å². The van der Waals surface area contributed by atoms with E-state index in [-0.39, 0.29) is 0 Å². The first-order valence-corrected chi connectivity index (χ1v) is 7.51. The van der Waals surface area contributed by atoms with E-state index in [1.54, 1.807) is 13.3 Å². The second kappa shape index (κ2) is 8.09. The van der Waals surface area contributed by atoms with E-state index in [4.69, 9.17) is 4.74 Å². The molecule has 0 spiro atoms. The standard InChI is InChI=1S/C18H21N5O/c1-13-9-15(12-24-4)17(10-19)18(21-13)22-20-11-14-5-7-16(8-6-14)23(2)3/h5-9,11H,12H2,1-4H3,(H,21,22). The number of hydrogen-bond donors (Lipinski definition) is 1. The van der Waals surface area contributed by atoms with Crippen LogP contribution in [0.15, 0.2) is 35.4 Å². The number of aromatic nitrogens is 1. The van der Waals surface area contributed by atoms with Crippen molar-refractivity contribution in [3.63, 3.8) is 0 Å². The van der Waals surface area contributed by atoms with Crippen molar-refractivity contribution < 1.29 is 4.74 Å². The van der Waals surface area contributed by atoms with Crippen molar-refractivity contribution in [3.8, 4) is 6.07 Å². The van der Waals surface area contributed by atoms with Crippen LogP contribution < -0.4 is 10.3 Å². The van der Waals surface area contributed by atoms with E-state index in [1.807, 2.05) is 56.3 Å². The Bertz CT molecular complexity index is 760. The number of nitriles is 1. The third-order valence-electron chi connectivity index (χ3n) is 3.43. The molecule has 124 valence electrons. The van der Waals surface area contributed by atoms with Crippen molar-refractivity contribution in [2.24, 2.45) is 5.10 Å². The molecular formula is C18H21N5O. The molecule has 0 fully saturated rings. The number of methoxy groups -OCH3 is 1. The highest BCUT2D eigenvalue weighted by Crippen LogP contribution is 2.19. The van der Waals surface area contributed by atoms with Gasteiger partial charge in [0.15, 0.2) is 5.82 Å². The Balaban J connectivity index is 2.17. The molecule has 6 nitrogen and oxygen atoms in total. The highest BCUT2D eigenvalue weighted by molar-refractivity contribution is 5.81. The third-order valence-corrected chi connectivity index (χ3v) is 3.43. The molecule has 1 aromatic heterocycles. The lowest BCUT2D eigenvalue weighted by atomic mass is 10.1. The van der Waals surface area contributed by atoms with Gasteiger partial charge in [-0.1, -0.05) is 12.1 Å². The van der Waals surface area contributed by atoms with Gasteiger partial charge in [0, 0.05) is 38.1 Å². The summed E-state index contributed by atoms with van der Waals surface area (Å²) >= 11 is 0. The number of benzene rings is 1. The molecule has 0 saturated heterocycles. The molecule has 0 aliphatic rings. The highest BCUT2D eigenvalue weighted by atomic mass is 16.5. The van der Waals surface area contributed by atoms with E-state index in [0.29, 0.717) is 18.0 Å². The van der Waals surface area contributed by atoms with Gasteiger partial charge in [-0.05, 0) is 30.7 Å². The lowest BCUT2D eigenvalue weighted by Gasteiger charge is -2.11. The summed E-state index contributed by atoms with van der Waals surface area (Å²) in [5, 5.41) is 13.6. The summed E-state index contributed by atoms with van der Waals surface area (Å²) < 4.78 is 5.14. The maximum absolute atomic E-state index is 9.37. The first-order chi connectivity index (χ1) is 11.5. The van der Waals surface area contributed by atoms with Crippen LogP contribution >= 0.6 is 0 Å². The minimum absolute atomic E-state index is 0.358. The summed E-state index contributed by atoms with van der Waals surface area (Å²) in [6.07, 6.45) is 1.70. The van der Waals surface area contributed by atoms with Crippen LogP contribution in [0.3, 0.4) is 0 Å². The number of nitrogens with one attached hydrogen (secondary N) is 1. The van der Waals surface area contributed by atoms with Gasteiger partial charge in [0.05, 0.1) is 12.8 Å². The lowest BCUT2D eigenvalue weighted by molar-refractivity contribution is 0.184. The second-order valence-corrected chi connectivity index (χ2v) is 5.55. The maximum atomic E-state index is 9.37. The molecule has 2 rings (SSSR count). The van der Waals surface area contributed by atoms with Crippen LogP contribution in [0.4, 0.5) is 11.5 Å². The van der Waals surface area contributed by atoms with Gasteiger partial charge in [0.2, 0.25) is 0 Å². The number of rotatable bonds is 6. The summed E-state index contributed by atoms with van der Waals surface area (Å²) in [5.41, 5.74) is 6.98. The van der Waals surface area contributed by atoms with Gasteiger partial charge in [-0.15, -0.1) is 0 Å². The fraction of sp³-hybridized carbons (Fsp3) is 0.278. The quantitative estimate of drug-likeness (QED) is 0.653. The van der Waals surface area contributed by atoms with Gasteiger partial charge >= 0.3 is 0 Å². The summed E-state index contributed by atoms with van der Waals surface area (Å²) in [7, 11) is 5.59. The average Bonchev–Trinajstić information content (AvgIpc) is 2.55. The normalized spacial score (nSPS) is 10.6. The van der Waals surface area contributed by atoms with Crippen molar-refractivity contribution in [2.45, 2.75) is 13.5 Å². The molecule has 0 radical (unpaired) electrons. The predicted octanol–water partition coefficient (Wildman–Crippen LogP) is 2.92. The molecule has 0 aliphatic heterocycles. The zero-order chi connectivity index (χ0) is 17.5. The minimum Gasteiger partial charge on any atom is -0.380 e. The smallest absolute Gasteiger partial charge is 0.164 e. The van der Waals surface area contributed by atoms with E-state index in [1.165, 1.54) is 0 Å². The summed E-state index contributed by atoms with van der Waals surface area (Å²) in [5.74, 6) is 0.436. The van der Waals surface area contributed by atoms with Crippen LogP contribution in [0.1, 0.15) is 22.4 Å². The van der Waals surface area contributed by atoms with Gasteiger partial charge in [-0.3, -0.25) is 5.43 Å². The predicted molar refractivity (Wildman–Crippen MR) is 96.4 cm³/mol. The zero-order valence-electron chi connectivity index (χ0n) is 14.4. The number of nitrogens with zero attached hydrogens (tertiary/aromatic N) is 4. The summed E-state index contributed by atoms with van der Waals surface area (Å²) in [4.78, 5) is 6.38. The van der Waals surface area contributed by atoms with Gasteiger partial charge in [0.1, 0.15) is 11.6 Å². The second-order valence-electron chi connectivity index (χ2n) is 5.55. The Morgan fingerprint density at radius 3 is 2.62 bits per heavy atom. The molecule has 6 heteroatoms. The van der Waals surface area contributed by atoms with Crippen molar-refractivity contribution in [1.29, 1.82) is 5.26 Å². The van der Waals surface area contributed by atoms with Crippen LogP contribution in [-0.4, -0.2) is 32.4 Å². The van der Waals surface area contributed by atoms with Crippen LogP contribution in [0.5, 0.6) is 0 Å². The van der Waals surface area contributed by atoms with E-state index >= 15 is 0 Å². The van der Waals surface area contributed by atoms with Crippen LogP contribution in [0.2, 0.25) is 0 Å². The Morgan fingerprint density at radius 1 is 1.33 bits per heavy atom. The lowest BCUT2D eigenvalue weighted by Crippen LogP contribution is -2.08. The van der Waals surface area contributed by atoms with E-state index in [0.717, 1.165) is 22.5 Å². The Hall–Kier alpha value is -2.91. The largest absolute Gasteiger partial charge is 0.380 e. The monoisotopic (exact) mass is 323 g/mol. The van der Waals surface area contributed by atoms with Gasteiger partial charge in [-0.2, -0.15) is 10.4 Å². The molecule has 0 saturated carbocycles.